The highest BCUT2D eigenvalue weighted by Gasteiger charge is 2.08. The predicted octanol–water partition coefficient (Wildman–Crippen LogP) is 3.70. The summed E-state index contributed by atoms with van der Waals surface area (Å²) in [5.41, 5.74) is 0.949. The van der Waals surface area contributed by atoms with Gasteiger partial charge in [0, 0.05) is 18.1 Å². The molecule has 4 heteroatoms. The van der Waals surface area contributed by atoms with Crippen LogP contribution in [0.5, 0.6) is 0 Å². The molecule has 2 aromatic rings. The van der Waals surface area contributed by atoms with E-state index in [9.17, 15) is 0 Å². The molecule has 0 spiro atoms. The molecule has 0 amide bonds. The van der Waals surface area contributed by atoms with Gasteiger partial charge in [0.2, 0.25) is 5.95 Å². The van der Waals surface area contributed by atoms with Crippen LogP contribution in [-0.2, 0) is 0 Å². The van der Waals surface area contributed by atoms with E-state index in [1.807, 2.05) is 30.5 Å². The zero-order chi connectivity index (χ0) is 13.0. The Balaban J connectivity index is 1.99. The van der Waals surface area contributed by atoms with E-state index in [0.717, 1.165) is 17.3 Å². The molecule has 0 saturated heterocycles. The second-order valence-corrected chi connectivity index (χ2v) is 5.48. The van der Waals surface area contributed by atoms with Gasteiger partial charge in [-0.05, 0) is 18.4 Å². The van der Waals surface area contributed by atoms with Crippen molar-refractivity contribution < 1.29 is 0 Å². The molecule has 3 nitrogen and oxygen atoms in total. The van der Waals surface area contributed by atoms with E-state index >= 15 is 0 Å². The Bertz CT molecular complexity index is 513. The fourth-order valence-electron chi connectivity index (χ4n) is 1.85. The first-order valence-corrected chi connectivity index (χ1v) is 6.68. The van der Waals surface area contributed by atoms with E-state index in [1.165, 1.54) is 0 Å². The summed E-state index contributed by atoms with van der Waals surface area (Å²) in [4.78, 5) is 8.72. The van der Waals surface area contributed by atoms with Gasteiger partial charge in [0.25, 0.3) is 0 Å². The van der Waals surface area contributed by atoms with Crippen LogP contribution in [-0.4, -0.2) is 21.9 Å². The highest BCUT2D eigenvalue weighted by Crippen LogP contribution is 2.14. The lowest BCUT2D eigenvalue weighted by Gasteiger charge is -2.12. The monoisotopic (exact) mass is 263 g/mol. The number of para-hydroxylation sites is 1. The highest BCUT2D eigenvalue weighted by atomic mass is 35.5. The fraction of sp³-hybridized carbons (Fsp3) is 0.429. The number of hydrogen-bond donors (Lipinski definition) is 1. The maximum absolute atomic E-state index is 6.23. The minimum Gasteiger partial charge on any atom is -0.353 e. The number of nitrogens with zero attached hydrogens (tertiary/aromatic N) is 2. The quantitative estimate of drug-likeness (QED) is 0.836. The molecule has 0 bridgehead atoms. The van der Waals surface area contributed by atoms with Gasteiger partial charge < -0.3 is 5.32 Å². The average molecular weight is 264 g/mol. The predicted molar refractivity (Wildman–Crippen MR) is 77.1 cm³/mol. The molecule has 1 aromatic heterocycles. The van der Waals surface area contributed by atoms with E-state index in [2.05, 4.69) is 29.1 Å². The number of benzene rings is 1. The van der Waals surface area contributed by atoms with Gasteiger partial charge >= 0.3 is 0 Å². The van der Waals surface area contributed by atoms with Gasteiger partial charge in [-0.2, -0.15) is 0 Å². The van der Waals surface area contributed by atoms with E-state index < -0.39 is 0 Å². The number of halogens is 1. The maximum Gasteiger partial charge on any atom is 0.223 e. The van der Waals surface area contributed by atoms with Crippen LogP contribution in [0.25, 0.3) is 10.9 Å². The van der Waals surface area contributed by atoms with E-state index in [4.69, 9.17) is 11.6 Å². The van der Waals surface area contributed by atoms with Crippen molar-refractivity contribution in [3.05, 3.63) is 30.5 Å². The SMILES string of the molecule is CC(C)CC(Cl)CNc1ncc2ccccc2n1. The van der Waals surface area contributed by atoms with Gasteiger partial charge in [0.05, 0.1) is 10.9 Å². The lowest BCUT2D eigenvalue weighted by Crippen LogP contribution is -2.17. The maximum atomic E-state index is 6.23. The molecule has 1 N–H and O–H groups in total. The summed E-state index contributed by atoms with van der Waals surface area (Å²) < 4.78 is 0. The highest BCUT2D eigenvalue weighted by molar-refractivity contribution is 6.20. The summed E-state index contributed by atoms with van der Waals surface area (Å²) >= 11 is 6.23. The summed E-state index contributed by atoms with van der Waals surface area (Å²) in [5.74, 6) is 1.25. The van der Waals surface area contributed by atoms with Gasteiger partial charge in [-0.25, -0.2) is 9.97 Å². The standard InChI is InChI=1S/C14H18ClN3/c1-10(2)7-12(15)9-17-14-16-8-11-5-3-4-6-13(11)18-14/h3-6,8,10,12H,7,9H2,1-2H3,(H,16,17,18). The van der Waals surface area contributed by atoms with Gasteiger partial charge in [0.15, 0.2) is 0 Å². The summed E-state index contributed by atoms with van der Waals surface area (Å²) in [7, 11) is 0. The number of rotatable bonds is 5. The third-order valence-corrected chi connectivity index (χ3v) is 3.03. The first-order chi connectivity index (χ1) is 8.65. The molecule has 0 fully saturated rings. The molecule has 0 aliphatic heterocycles. The van der Waals surface area contributed by atoms with Gasteiger partial charge in [-0.15, -0.1) is 11.6 Å². The van der Waals surface area contributed by atoms with Crippen LogP contribution in [0.3, 0.4) is 0 Å². The molecule has 1 unspecified atom stereocenters. The van der Waals surface area contributed by atoms with Crippen molar-refractivity contribution in [3.8, 4) is 0 Å². The van der Waals surface area contributed by atoms with Crippen LogP contribution in [0.15, 0.2) is 30.5 Å². The number of hydrogen-bond acceptors (Lipinski definition) is 3. The normalized spacial score (nSPS) is 12.9. The van der Waals surface area contributed by atoms with Crippen molar-refractivity contribution in [2.45, 2.75) is 25.6 Å². The smallest absolute Gasteiger partial charge is 0.223 e. The van der Waals surface area contributed by atoms with Crippen LogP contribution in [0.2, 0.25) is 0 Å². The van der Waals surface area contributed by atoms with Crippen molar-refractivity contribution in [2.24, 2.45) is 5.92 Å². The first kappa shape index (κ1) is 13.1. The molecule has 1 atom stereocenters. The van der Waals surface area contributed by atoms with Crippen molar-refractivity contribution in [2.75, 3.05) is 11.9 Å². The Kier molecular flexibility index (Phi) is 4.37. The molecule has 1 aromatic carbocycles. The van der Waals surface area contributed by atoms with E-state index in [0.29, 0.717) is 18.4 Å². The molecular weight excluding hydrogens is 246 g/mol. The third-order valence-electron chi connectivity index (χ3n) is 2.70. The topological polar surface area (TPSA) is 37.8 Å². The Morgan fingerprint density at radius 3 is 2.83 bits per heavy atom. The number of fused-ring (bicyclic) bond motifs is 1. The molecule has 0 aliphatic rings. The second kappa shape index (κ2) is 6.01. The fourth-order valence-corrected chi connectivity index (χ4v) is 2.29. The van der Waals surface area contributed by atoms with Crippen molar-refractivity contribution in [3.63, 3.8) is 0 Å². The Hall–Kier alpha value is -1.35. The zero-order valence-electron chi connectivity index (χ0n) is 10.7. The summed E-state index contributed by atoms with van der Waals surface area (Å²) in [5, 5.41) is 4.35. The Morgan fingerprint density at radius 2 is 2.06 bits per heavy atom. The Morgan fingerprint density at radius 1 is 1.28 bits per heavy atom. The largest absolute Gasteiger partial charge is 0.353 e. The lowest BCUT2D eigenvalue weighted by atomic mass is 10.1. The number of nitrogens with one attached hydrogen (secondary N) is 1. The van der Waals surface area contributed by atoms with Crippen LogP contribution in [0.4, 0.5) is 5.95 Å². The average Bonchev–Trinajstić information content (AvgIpc) is 2.35. The summed E-state index contributed by atoms with van der Waals surface area (Å²) in [6.45, 7) is 5.03. The minimum atomic E-state index is 0.111. The zero-order valence-corrected chi connectivity index (χ0v) is 11.5. The molecule has 1 heterocycles. The van der Waals surface area contributed by atoms with Crippen LogP contribution >= 0.6 is 11.6 Å². The molecule has 2 rings (SSSR count). The molecule has 0 aliphatic carbocycles. The number of anilines is 1. The summed E-state index contributed by atoms with van der Waals surface area (Å²) in [6, 6.07) is 7.94. The molecule has 96 valence electrons. The summed E-state index contributed by atoms with van der Waals surface area (Å²) in [6.07, 6.45) is 2.82. The van der Waals surface area contributed by atoms with Crippen LogP contribution < -0.4 is 5.32 Å². The van der Waals surface area contributed by atoms with Gasteiger partial charge in [-0.3, -0.25) is 0 Å². The second-order valence-electron chi connectivity index (χ2n) is 4.86. The van der Waals surface area contributed by atoms with Gasteiger partial charge in [-0.1, -0.05) is 32.0 Å². The molecule has 0 saturated carbocycles. The van der Waals surface area contributed by atoms with Gasteiger partial charge in [0.1, 0.15) is 0 Å². The van der Waals surface area contributed by atoms with Crippen molar-refractivity contribution >= 4 is 28.5 Å². The number of aromatic nitrogens is 2. The third kappa shape index (κ3) is 3.57. The van der Waals surface area contributed by atoms with Crippen LogP contribution in [0.1, 0.15) is 20.3 Å². The molecule has 0 radical (unpaired) electrons. The van der Waals surface area contributed by atoms with Crippen molar-refractivity contribution in [1.29, 1.82) is 0 Å². The first-order valence-electron chi connectivity index (χ1n) is 6.25. The van der Waals surface area contributed by atoms with E-state index in [-0.39, 0.29) is 5.38 Å². The Labute approximate surface area is 113 Å². The lowest BCUT2D eigenvalue weighted by molar-refractivity contribution is 0.571. The van der Waals surface area contributed by atoms with Crippen molar-refractivity contribution in [1.82, 2.24) is 9.97 Å². The van der Waals surface area contributed by atoms with E-state index in [1.54, 1.807) is 0 Å². The number of alkyl halides is 1. The molecule has 18 heavy (non-hydrogen) atoms. The molecular formula is C14H18ClN3. The minimum absolute atomic E-state index is 0.111. The van der Waals surface area contributed by atoms with Crippen LogP contribution in [0, 0.1) is 5.92 Å².